The van der Waals surface area contributed by atoms with Crippen LogP contribution in [-0.4, -0.2) is 26.3 Å². The summed E-state index contributed by atoms with van der Waals surface area (Å²) in [6.07, 6.45) is 1.52. The smallest absolute Gasteiger partial charge is 0.271 e. The Morgan fingerprint density at radius 2 is 1.65 bits per heavy atom. The van der Waals surface area contributed by atoms with Gasteiger partial charge in [0.15, 0.2) is 23.0 Å². The first-order valence-corrected chi connectivity index (χ1v) is 13.8. The van der Waals surface area contributed by atoms with Gasteiger partial charge in [0.1, 0.15) is 13.2 Å². The monoisotopic (exact) mass is 690 g/mol. The van der Waals surface area contributed by atoms with Gasteiger partial charge in [0, 0.05) is 21.2 Å². The van der Waals surface area contributed by atoms with Crippen molar-refractivity contribution < 1.29 is 23.7 Å². The van der Waals surface area contributed by atoms with E-state index in [2.05, 4.69) is 33.1 Å². The van der Waals surface area contributed by atoms with Gasteiger partial charge in [-0.1, -0.05) is 59.6 Å². The van der Waals surface area contributed by atoms with E-state index in [1.54, 1.807) is 43.5 Å². The van der Waals surface area contributed by atoms with Crippen molar-refractivity contribution in [3.05, 3.63) is 115 Å². The second kappa shape index (κ2) is 14.2. The number of ether oxygens (including phenoxy) is 4. The molecule has 1 amide bonds. The maximum absolute atomic E-state index is 12.7. The van der Waals surface area contributed by atoms with Crippen LogP contribution in [0.4, 0.5) is 0 Å². The van der Waals surface area contributed by atoms with Crippen LogP contribution in [0.1, 0.15) is 27.0 Å². The third kappa shape index (κ3) is 7.80. The van der Waals surface area contributed by atoms with E-state index in [1.165, 1.54) is 13.3 Å². The van der Waals surface area contributed by atoms with Gasteiger partial charge in [0.2, 0.25) is 0 Å². The summed E-state index contributed by atoms with van der Waals surface area (Å²) in [6, 6.07) is 23.6. The predicted molar refractivity (Wildman–Crippen MR) is 165 cm³/mol. The number of rotatable bonds is 11. The van der Waals surface area contributed by atoms with Crippen LogP contribution in [0, 0.1) is 3.57 Å². The zero-order chi connectivity index (χ0) is 28.5. The van der Waals surface area contributed by atoms with Crippen molar-refractivity contribution in [2.75, 3.05) is 14.2 Å². The van der Waals surface area contributed by atoms with E-state index in [0.717, 1.165) is 14.7 Å². The Balaban J connectivity index is 1.39. The van der Waals surface area contributed by atoms with Crippen molar-refractivity contribution in [3.63, 3.8) is 0 Å². The van der Waals surface area contributed by atoms with Crippen molar-refractivity contribution in [3.8, 4) is 23.0 Å². The number of methoxy groups -OCH3 is 2. The van der Waals surface area contributed by atoms with Crippen molar-refractivity contribution in [2.24, 2.45) is 5.10 Å². The largest absolute Gasteiger partial charge is 0.493 e. The number of hydrogen-bond donors (Lipinski definition) is 1. The minimum atomic E-state index is -0.398. The molecule has 0 aromatic heterocycles. The molecule has 0 aliphatic heterocycles. The van der Waals surface area contributed by atoms with Crippen LogP contribution in [0.2, 0.25) is 10.0 Å². The Bertz CT molecular complexity index is 1520. The lowest BCUT2D eigenvalue weighted by Crippen LogP contribution is -2.17. The molecule has 0 radical (unpaired) electrons. The van der Waals surface area contributed by atoms with E-state index in [1.807, 2.05) is 42.5 Å². The molecule has 0 aliphatic carbocycles. The summed E-state index contributed by atoms with van der Waals surface area (Å²) < 4.78 is 23.6. The number of carbonyl (C=O) groups is 1. The Morgan fingerprint density at radius 3 is 2.38 bits per heavy atom. The first kappa shape index (κ1) is 29.5. The molecule has 1 N–H and O–H groups in total. The summed E-state index contributed by atoms with van der Waals surface area (Å²) in [5.41, 5.74) is 5.44. The lowest BCUT2D eigenvalue weighted by Gasteiger charge is -2.14. The van der Waals surface area contributed by atoms with Crippen molar-refractivity contribution in [1.29, 1.82) is 0 Å². The van der Waals surface area contributed by atoms with Crippen LogP contribution < -0.4 is 24.4 Å². The normalized spacial score (nSPS) is 10.8. The number of hydrogen-bond acceptors (Lipinski definition) is 6. The number of nitrogens with one attached hydrogen (secondary N) is 1. The van der Waals surface area contributed by atoms with Crippen LogP contribution in [0.25, 0.3) is 0 Å². The van der Waals surface area contributed by atoms with Gasteiger partial charge in [-0.15, -0.1) is 0 Å². The molecule has 0 saturated carbocycles. The standard InChI is InChI=1S/C30H25Cl2IN2O5/c1-37-27-14-21(9-11-26(27)39-17-19-6-4-3-5-7-19)30(36)35-34-16-20-12-25(33)29(28(13-20)38-2)40-18-22-8-10-23(31)15-24(22)32/h3-16H,17-18H2,1-2H3,(H,35,36)/b34-16+. The predicted octanol–water partition coefficient (Wildman–Crippen LogP) is 7.54. The van der Waals surface area contributed by atoms with Gasteiger partial charge in [-0.05, 0) is 76.2 Å². The van der Waals surface area contributed by atoms with Gasteiger partial charge >= 0.3 is 0 Å². The van der Waals surface area contributed by atoms with Gasteiger partial charge in [-0.2, -0.15) is 5.10 Å². The number of hydrazone groups is 1. The fraction of sp³-hybridized carbons (Fsp3) is 0.133. The molecule has 4 aromatic carbocycles. The maximum atomic E-state index is 12.7. The van der Waals surface area contributed by atoms with Crippen molar-refractivity contribution >= 4 is 57.9 Å². The second-order valence-electron chi connectivity index (χ2n) is 8.40. The quantitative estimate of drug-likeness (QED) is 0.100. The van der Waals surface area contributed by atoms with Crippen LogP contribution >= 0.6 is 45.8 Å². The molecular formula is C30H25Cl2IN2O5. The minimum absolute atomic E-state index is 0.241. The summed E-state index contributed by atoms with van der Waals surface area (Å²) in [6.45, 7) is 0.624. The third-order valence-corrected chi connectivity index (χ3v) is 7.07. The van der Waals surface area contributed by atoms with Crippen LogP contribution in [0.15, 0.2) is 84.0 Å². The number of amides is 1. The van der Waals surface area contributed by atoms with E-state index in [-0.39, 0.29) is 6.61 Å². The molecule has 0 fully saturated rings. The van der Waals surface area contributed by atoms with Crippen LogP contribution in [0.5, 0.6) is 23.0 Å². The molecule has 10 heteroatoms. The van der Waals surface area contributed by atoms with Gasteiger partial charge in [-0.25, -0.2) is 5.43 Å². The fourth-order valence-electron chi connectivity index (χ4n) is 3.64. The van der Waals surface area contributed by atoms with E-state index >= 15 is 0 Å². The molecule has 0 unspecified atom stereocenters. The average Bonchev–Trinajstić information content (AvgIpc) is 2.96. The van der Waals surface area contributed by atoms with E-state index in [9.17, 15) is 4.79 Å². The summed E-state index contributed by atoms with van der Waals surface area (Å²) in [5, 5.41) is 5.18. The van der Waals surface area contributed by atoms with E-state index in [0.29, 0.717) is 50.8 Å². The van der Waals surface area contributed by atoms with Gasteiger partial charge in [0.25, 0.3) is 5.91 Å². The number of benzene rings is 4. The van der Waals surface area contributed by atoms with Crippen molar-refractivity contribution in [2.45, 2.75) is 13.2 Å². The molecule has 0 heterocycles. The van der Waals surface area contributed by atoms with Gasteiger partial charge < -0.3 is 18.9 Å². The van der Waals surface area contributed by atoms with Crippen LogP contribution in [-0.2, 0) is 13.2 Å². The molecule has 4 rings (SSSR count). The Hall–Kier alpha value is -3.47. The Morgan fingerprint density at radius 1 is 0.875 bits per heavy atom. The van der Waals surface area contributed by atoms with Crippen molar-refractivity contribution in [1.82, 2.24) is 5.43 Å². The maximum Gasteiger partial charge on any atom is 0.271 e. The molecule has 0 spiro atoms. The fourth-order valence-corrected chi connectivity index (χ4v) is 4.88. The highest BCUT2D eigenvalue weighted by molar-refractivity contribution is 14.1. The lowest BCUT2D eigenvalue weighted by atomic mass is 10.2. The highest BCUT2D eigenvalue weighted by atomic mass is 127. The summed E-state index contributed by atoms with van der Waals surface area (Å²) in [5.74, 6) is 1.67. The zero-order valence-corrected chi connectivity index (χ0v) is 25.3. The number of halogens is 3. The van der Waals surface area contributed by atoms with Gasteiger partial charge in [-0.3, -0.25) is 4.79 Å². The minimum Gasteiger partial charge on any atom is -0.493 e. The number of nitrogens with zero attached hydrogens (tertiary/aromatic N) is 1. The first-order valence-electron chi connectivity index (χ1n) is 12.0. The molecule has 4 aromatic rings. The first-order chi connectivity index (χ1) is 19.4. The van der Waals surface area contributed by atoms with Crippen LogP contribution in [0.3, 0.4) is 0 Å². The molecule has 0 aliphatic rings. The molecule has 0 bridgehead atoms. The second-order valence-corrected chi connectivity index (χ2v) is 10.4. The summed E-state index contributed by atoms with van der Waals surface area (Å²) in [4.78, 5) is 12.7. The summed E-state index contributed by atoms with van der Waals surface area (Å²) >= 11 is 14.4. The SMILES string of the molecule is COc1cc(C(=O)N/N=C/c2cc(I)c(OCc3ccc(Cl)cc3Cl)c(OC)c2)ccc1OCc1ccccc1. The highest BCUT2D eigenvalue weighted by Gasteiger charge is 2.14. The Labute approximate surface area is 256 Å². The molecular weight excluding hydrogens is 666 g/mol. The van der Waals surface area contributed by atoms with E-state index in [4.69, 9.17) is 42.1 Å². The Kier molecular flexibility index (Phi) is 10.5. The molecule has 0 atom stereocenters. The van der Waals surface area contributed by atoms with Gasteiger partial charge in [0.05, 0.1) is 24.0 Å². The molecule has 206 valence electrons. The average molecular weight is 691 g/mol. The number of carbonyl (C=O) groups excluding carboxylic acids is 1. The molecule has 0 saturated heterocycles. The highest BCUT2D eigenvalue weighted by Crippen LogP contribution is 2.35. The third-order valence-electron chi connectivity index (χ3n) is 5.68. The molecule has 40 heavy (non-hydrogen) atoms. The lowest BCUT2D eigenvalue weighted by molar-refractivity contribution is 0.0954. The molecule has 7 nitrogen and oxygen atoms in total. The summed E-state index contributed by atoms with van der Waals surface area (Å²) in [7, 11) is 3.08. The topological polar surface area (TPSA) is 78.4 Å². The zero-order valence-electron chi connectivity index (χ0n) is 21.6. The van der Waals surface area contributed by atoms with E-state index < -0.39 is 5.91 Å².